The zero-order valence-corrected chi connectivity index (χ0v) is 11.1. The molecule has 1 atom stereocenters. The summed E-state index contributed by atoms with van der Waals surface area (Å²) in [5, 5.41) is 0. The molecule has 0 aromatic carbocycles. The highest BCUT2D eigenvalue weighted by Crippen LogP contribution is 2.04. The van der Waals surface area contributed by atoms with E-state index in [4.69, 9.17) is 10.5 Å². The Morgan fingerprint density at radius 2 is 1.88 bits per heavy atom. The van der Waals surface area contributed by atoms with Crippen LogP contribution in [0.4, 0.5) is 0 Å². The van der Waals surface area contributed by atoms with E-state index < -0.39 is 5.54 Å². The average Bonchev–Trinajstić information content (AvgIpc) is 2.14. The Morgan fingerprint density at radius 3 is 2.31 bits per heavy atom. The number of hydrogen-bond acceptors (Lipinski definition) is 5. The zero-order chi connectivity index (χ0) is 12.8. The number of hydrogen-bond donors (Lipinski definition) is 1. The molecule has 0 amide bonds. The van der Waals surface area contributed by atoms with Gasteiger partial charge in [-0.2, -0.15) is 0 Å². The highest BCUT2D eigenvalue weighted by molar-refractivity contribution is 5.80. The Labute approximate surface area is 98.5 Å². The van der Waals surface area contributed by atoms with Gasteiger partial charge in [-0.3, -0.25) is 4.79 Å². The molecule has 0 aromatic rings. The molecule has 0 rings (SSSR count). The van der Waals surface area contributed by atoms with Crippen LogP contribution in [0.5, 0.6) is 0 Å². The summed E-state index contributed by atoms with van der Waals surface area (Å²) in [6.07, 6.45) is 0. The average molecular weight is 231 g/mol. The topological polar surface area (TPSA) is 58.8 Å². The maximum atomic E-state index is 11.6. The standard InChI is InChI=1S/C11H25N3O2/c1-6-16-10(15)11(2,12)9-14(5)8-7-13(3)4/h6-9,12H2,1-5H3. The summed E-state index contributed by atoms with van der Waals surface area (Å²) >= 11 is 0. The molecule has 0 saturated heterocycles. The molecule has 0 aliphatic carbocycles. The first-order valence-electron chi connectivity index (χ1n) is 5.59. The Hall–Kier alpha value is -0.650. The fraction of sp³-hybridized carbons (Fsp3) is 0.909. The third kappa shape index (κ3) is 6.05. The lowest BCUT2D eigenvalue weighted by Gasteiger charge is -2.28. The van der Waals surface area contributed by atoms with Crippen LogP contribution >= 0.6 is 0 Å². The Kier molecular flexibility index (Phi) is 6.55. The Balaban J connectivity index is 4.08. The van der Waals surface area contributed by atoms with Crippen molar-refractivity contribution in [1.82, 2.24) is 9.80 Å². The second kappa shape index (κ2) is 6.83. The molecule has 96 valence electrons. The lowest BCUT2D eigenvalue weighted by atomic mass is 10.0. The van der Waals surface area contributed by atoms with Crippen molar-refractivity contribution >= 4 is 5.97 Å². The molecular formula is C11H25N3O2. The van der Waals surface area contributed by atoms with Gasteiger partial charge in [-0.25, -0.2) is 0 Å². The first kappa shape index (κ1) is 15.3. The van der Waals surface area contributed by atoms with Crippen LogP contribution in [0.3, 0.4) is 0 Å². The minimum Gasteiger partial charge on any atom is -0.465 e. The van der Waals surface area contributed by atoms with Crippen LogP contribution in [0.1, 0.15) is 13.8 Å². The fourth-order valence-corrected chi connectivity index (χ4v) is 1.37. The monoisotopic (exact) mass is 231 g/mol. The molecular weight excluding hydrogens is 206 g/mol. The van der Waals surface area contributed by atoms with Crippen LogP contribution in [0, 0.1) is 0 Å². The predicted octanol–water partition coefficient (Wildman–Crippen LogP) is -0.240. The van der Waals surface area contributed by atoms with Crippen molar-refractivity contribution in [1.29, 1.82) is 0 Å². The molecule has 5 heteroatoms. The summed E-state index contributed by atoms with van der Waals surface area (Å²) in [6.45, 7) is 6.17. The van der Waals surface area contributed by atoms with Crippen LogP contribution < -0.4 is 5.73 Å². The van der Waals surface area contributed by atoms with Gasteiger partial charge < -0.3 is 20.3 Å². The molecule has 0 bridgehead atoms. The van der Waals surface area contributed by atoms with Gasteiger partial charge in [0.05, 0.1) is 6.61 Å². The van der Waals surface area contributed by atoms with Crippen LogP contribution in [0.25, 0.3) is 0 Å². The Bertz CT molecular complexity index is 217. The van der Waals surface area contributed by atoms with E-state index in [0.717, 1.165) is 13.1 Å². The van der Waals surface area contributed by atoms with Gasteiger partial charge in [-0.05, 0) is 35.0 Å². The number of nitrogens with zero attached hydrogens (tertiary/aromatic N) is 2. The molecule has 0 fully saturated rings. The molecule has 2 N–H and O–H groups in total. The first-order valence-corrected chi connectivity index (χ1v) is 5.59. The van der Waals surface area contributed by atoms with Gasteiger partial charge in [0.15, 0.2) is 0 Å². The number of esters is 1. The second-order valence-electron chi connectivity index (χ2n) is 4.68. The molecule has 0 aromatic heterocycles. The van der Waals surface area contributed by atoms with Crippen LogP contribution in [-0.4, -0.2) is 68.7 Å². The van der Waals surface area contributed by atoms with Gasteiger partial charge >= 0.3 is 5.97 Å². The van der Waals surface area contributed by atoms with Crippen LogP contribution in [0.2, 0.25) is 0 Å². The first-order chi connectivity index (χ1) is 7.29. The second-order valence-corrected chi connectivity index (χ2v) is 4.68. The highest BCUT2D eigenvalue weighted by Gasteiger charge is 2.31. The fourth-order valence-electron chi connectivity index (χ4n) is 1.37. The molecule has 16 heavy (non-hydrogen) atoms. The number of carbonyl (C=O) groups is 1. The molecule has 0 saturated carbocycles. The van der Waals surface area contributed by atoms with E-state index in [9.17, 15) is 4.79 Å². The molecule has 0 heterocycles. The molecule has 0 aliphatic rings. The van der Waals surface area contributed by atoms with E-state index in [-0.39, 0.29) is 5.97 Å². The Morgan fingerprint density at radius 1 is 1.31 bits per heavy atom. The quantitative estimate of drug-likeness (QED) is 0.613. The predicted molar refractivity (Wildman–Crippen MR) is 65.3 cm³/mol. The van der Waals surface area contributed by atoms with E-state index in [1.54, 1.807) is 13.8 Å². The van der Waals surface area contributed by atoms with Gasteiger partial charge in [0.1, 0.15) is 5.54 Å². The number of nitrogens with two attached hydrogens (primary N) is 1. The van der Waals surface area contributed by atoms with E-state index in [1.165, 1.54) is 0 Å². The van der Waals surface area contributed by atoms with Crippen molar-refractivity contribution in [2.45, 2.75) is 19.4 Å². The molecule has 0 spiro atoms. The van der Waals surface area contributed by atoms with Gasteiger partial charge in [0.25, 0.3) is 0 Å². The zero-order valence-electron chi connectivity index (χ0n) is 11.1. The van der Waals surface area contributed by atoms with E-state index >= 15 is 0 Å². The van der Waals surface area contributed by atoms with E-state index in [0.29, 0.717) is 13.2 Å². The number of likely N-dealkylation sites (N-methyl/N-ethyl adjacent to an activating group) is 2. The largest absolute Gasteiger partial charge is 0.465 e. The lowest BCUT2D eigenvalue weighted by molar-refractivity contribution is -0.149. The van der Waals surface area contributed by atoms with Gasteiger partial charge in [-0.1, -0.05) is 0 Å². The molecule has 1 unspecified atom stereocenters. The number of rotatable bonds is 7. The van der Waals surface area contributed by atoms with Gasteiger partial charge in [0.2, 0.25) is 0 Å². The third-order valence-corrected chi connectivity index (χ3v) is 2.27. The number of ether oxygens (including phenoxy) is 1. The summed E-state index contributed by atoms with van der Waals surface area (Å²) in [4.78, 5) is 15.7. The van der Waals surface area contributed by atoms with Crippen molar-refractivity contribution in [3.8, 4) is 0 Å². The minimum absolute atomic E-state index is 0.341. The number of carbonyl (C=O) groups excluding carboxylic acids is 1. The lowest BCUT2D eigenvalue weighted by Crippen LogP contribution is -2.54. The van der Waals surface area contributed by atoms with Gasteiger partial charge in [0, 0.05) is 19.6 Å². The summed E-state index contributed by atoms with van der Waals surface area (Å²) < 4.78 is 4.93. The van der Waals surface area contributed by atoms with Gasteiger partial charge in [-0.15, -0.1) is 0 Å². The van der Waals surface area contributed by atoms with Crippen molar-refractivity contribution in [2.75, 3.05) is 47.4 Å². The summed E-state index contributed by atoms with van der Waals surface area (Å²) in [5.74, 6) is -0.341. The summed E-state index contributed by atoms with van der Waals surface area (Å²) in [7, 11) is 5.98. The van der Waals surface area contributed by atoms with Crippen LogP contribution in [-0.2, 0) is 9.53 Å². The SMILES string of the molecule is CCOC(=O)C(C)(N)CN(C)CCN(C)C. The normalized spacial score (nSPS) is 15.2. The van der Waals surface area contributed by atoms with Crippen molar-refractivity contribution < 1.29 is 9.53 Å². The van der Waals surface area contributed by atoms with Crippen molar-refractivity contribution in [2.24, 2.45) is 5.73 Å². The van der Waals surface area contributed by atoms with E-state index in [1.807, 2.05) is 26.0 Å². The summed E-state index contributed by atoms with van der Waals surface area (Å²) in [6, 6.07) is 0. The third-order valence-electron chi connectivity index (χ3n) is 2.27. The smallest absolute Gasteiger partial charge is 0.327 e. The van der Waals surface area contributed by atoms with Crippen molar-refractivity contribution in [3.63, 3.8) is 0 Å². The molecule has 0 aliphatic heterocycles. The minimum atomic E-state index is -0.933. The maximum Gasteiger partial charge on any atom is 0.327 e. The van der Waals surface area contributed by atoms with Crippen molar-refractivity contribution in [3.05, 3.63) is 0 Å². The maximum absolute atomic E-state index is 11.6. The van der Waals surface area contributed by atoms with E-state index in [2.05, 4.69) is 4.90 Å². The highest BCUT2D eigenvalue weighted by atomic mass is 16.5. The molecule has 5 nitrogen and oxygen atoms in total. The molecule has 0 radical (unpaired) electrons. The van der Waals surface area contributed by atoms with Crippen LogP contribution in [0.15, 0.2) is 0 Å². The summed E-state index contributed by atoms with van der Waals surface area (Å²) in [5.41, 5.74) is 4.99.